The van der Waals surface area contributed by atoms with Crippen molar-refractivity contribution in [2.75, 3.05) is 36.4 Å². The van der Waals surface area contributed by atoms with Crippen molar-refractivity contribution >= 4 is 23.3 Å². The van der Waals surface area contributed by atoms with Gasteiger partial charge in [-0.1, -0.05) is 17.3 Å². The lowest BCUT2D eigenvalue weighted by molar-refractivity contribution is -0.134. The zero-order chi connectivity index (χ0) is 18.7. The summed E-state index contributed by atoms with van der Waals surface area (Å²) in [7, 11) is 0. The fourth-order valence-electron chi connectivity index (χ4n) is 3.14. The average Bonchev–Trinajstić information content (AvgIpc) is 3.02. The van der Waals surface area contributed by atoms with E-state index in [4.69, 9.17) is 4.52 Å². The van der Waals surface area contributed by atoms with Crippen LogP contribution in [0.4, 0.5) is 11.5 Å². The van der Waals surface area contributed by atoms with Crippen molar-refractivity contribution in [1.82, 2.24) is 10.1 Å². The van der Waals surface area contributed by atoms with Gasteiger partial charge < -0.3 is 19.6 Å². The summed E-state index contributed by atoms with van der Waals surface area (Å²) in [6, 6.07) is 7.90. The Morgan fingerprint density at radius 3 is 2.54 bits per heavy atom. The van der Waals surface area contributed by atoms with Crippen LogP contribution in [0.15, 0.2) is 28.8 Å². The number of rotatable bonds is 4. The molecule has 0 unspecified atom stereocenters. The van der Waals surface area contributed by atoms with Gasteiger partial charge in [0.25, 0.3) is 0 Å². The largest absolute Gasteiger partial charge is 0.368 e. The Morgan fingerprint density at radius 2 is 1.88 bits per heavy atom. The predicted octanol–water partition coefficient (Wildman–Crippen LogP) is 2.28. The molecule has 7 nitrogen and oxygen atoms in total. The van der Waals surface area contributed by atoms with Gasteiger partial charge in [0.2, 0.25) is 11.8 Å². The molecule has 0 radical (unpaired) electrons. The van der Waals surface area contributed by atoms with Gasteiger partial charge in [-0.25, -0.2) is 0 Å². The van der Waals surface area contributed by atoms with Crippen LogP contribution in [0, 0.1) is 20.8 Å². The summed E-state index contributed by atoms with van der Waals surface area (Å²) in [5, 5.41) is 6.28. The van der Waals surface area contributed by atoms with Crippen LogP contribution >= 0.6 is 0 Å². The van der Waals surface area contributed by atoms with E-state index in [2.05, 4.69) is 47.4 Å². The maximum Gasteiger partial charge on any atom is 0.235 e. The topological polar surface area (TPSA) is 78.7 Å². The lowest BCUT2D eigenvalue weighted by Crippen LogP contribution is -2.49. The molecule has 0 atom stereocenters. The Kier molecular flexibility index (Phi) is 5.25. The summed E-state index contributed by atoms with van der Waals surface area (Å²) in [6.07, 6.45) is -0.185. The SMILES string of the molecule is Cc1cc(NC(=O)CC(=O)N2CCN(c3cccc(C)c3C)CC2)no1. The number of aryl methyl sites for hydroxylation is 2. The highest BCUT2D eigenvalue weighted by Gasteiger charge is 2.24. The quantitative estimate of drug-likeness (QED) is 0.850. The van der Waals surface area contributed by atoms with Gasteiger partial charge in [-0.2, -0.15) is 0 Å². The standard InChI is InChI=1S/C19H24N4O3/c1-13-5-4-6-16(15(13)3)22-7-9-23(10-8-22)19(25)12-18(24)20-17-11-14(2)26-21-17/h4-6,11H,7-10,12H2,1-3H3,(H,20,21,24). The van der Waals surface area contributed by atoms with Gasteiger partial charge in [0.05, 0.1) is 0 Å². The molecule has 138 valence electrons. The molecule has 2 aromatic rings. The van der Waals surface area contributed by atoms with Crippen LogP contribution in [0.25, 0.3) is 0 Å². The molecule has 0 spiro atoms. The van der Waals surface area contributed by atoms with Crippen LogP contribution in [-0.2, 0) is 9.59 Å². The van der Waals surface area contributed by atoms with E-state index in [0.717, 1.165) is 13.1 Å². The molecule has 0 bridgehead atoms. The lowest BCUT2D eigenvalue weighted by Gasteiger charge is -2.37. The van der Waals surface area contributed by atoms with Crippen LogP contribution in [0.5, 0.6) is 0 Å². The van der Waals surface area contributed by atoms with E-state index in [-0.39, 0.29) is 18.2 Å². The highest BCUT2D eigenvalue weighted by Crippen LogP contribution is 2.24. The van der Waals surface area contributed by atoms with Gasteiger partial charge >= 0.3 is 0 Å². The van der Waals surface area contributed by atoms with Crippen LogP contribution in [-0.4, -0.2) is 48.0 Å². The molecule has 2 heterocycles. The minimum atomic E-state index is -0.375. The first kappa shape index (κ1) is 18.0. The smallest absolute Gasteiger partial charge is 0.235 e. The fourth-order valence-corrected chi connectivity index (χ4v) is 3.14. The number of amides is 2. The molecule has 1 fully saturated rings. The van der Waals surface area contributed by atoms with Crippen LogP contribution in [0.2, 0.25) is 0 Å². The second-order valence-corrected chi connectivity index (χ2v) is 6.63. The number of benzene rings is 1. The zero-order valence-electron chi connectivity index (χ0n) is 15.4. The molecule has 0 aliphatic carbocycles. The molecule has 1 saturated heterocycles. The van der Waals surface area contributed by atoms with Gasteiger partial charge in [0, 0.05) is 37.9 Å². The molecule has 1 aromatic heterocycles. The number of hydrogen-bond donors (Lipinski definition) is 1. The van der Waals surface area contributed by atoms with E-state index < -0.39 is 0 Å². The van der Waals surface area contributed by atoms with E-state index in [1.807, 2.05) is 0 Å². The summed E-state index contributed by atoms with van der Waals surface area (Å²) in [4.78, 5) is 28.4. The van der Waals surface area contributed by atoms with Crippen LogP contribution < -0.4 is 10.2 Å². The van der Waals surface area contributed by atoms with Gasteiger partial charge in [0.15, 0.2) is 5.82 Å². The number of carbonyl (C=O) groups excluding carboxylic acids is 2. The van der Waals surface area contributed by atoms with E-state index in [1.54, 1.807) is 17.9 Å². The van der Waals surface area contributed by atoms with Gasteiger partial charge in [-0.3, -0.25) is 9.59 Å². The second-order valence-electron chi connectivity index (χ2n) is 6.63. The first-order valence-electron chi connectivity index (χ1n) is 8.76. The Balaban J connectivity index is 1.52. The zero-order valence-corrected chi connectivity index (χ0v) is 15.4. The maximum atomic E-state index is 12.4. The first-order valence-corrected chi connectivity index (χ1v) is 8.76. The summed E-state index contributed by atoms with van der Waals surface area (Å²) >= 11 is 0. The first-order chi connectivity index (χ1) is 12.4. The molecule has 1 aromatic carbocycles. The number of hydrogen-bond acceptors (Lipinski definition) is 5. The van der Waals surface area contributed by atoms with Gasteiger partial charge in [-0.15, -0.1) is 0 Å². The van der Waals surface area contributed by atoms with Crippen molar-refractivity contribution in [2.45, 2.75) is 27.2 Å². The summed E-state index contributed by atoms with van der Waals surface area (Å²) in [5.74, 6) is 0.401. The maximum absolute atomic E-state index is 12.4. The number of nitrogens with one attached hydrogen (secondary N) is 1. The molecule has 7 heteroatoms. The number of nitrogens with zero attached hydrogens (tertiary/aromatic N) is 3. The minimum Gasteiger partial charge on any atom is -0.368 e. The normalized spacial score (nSPS) is 14.4. The third-order valence-corrected chi connectivity index (χ3v) is 4.76. The van der Waals surface area contributed by atoms with Gasteiger partial charge in [0.1, 0.15) is 12.2 Å². The van der Waals surface area contributed by atoms with Crippen molar-refractivity contribution < 1.29 is 14.1 Å². The number of aromatic nitrogens is 1. The van der Waals surface area contributed by atoms with Crippen molar-refractivity contribution in [3.8, 4) is 0 Å². The Bertz CT molecular complexity index is 807. The molecule has 1 aliphatic rings. The third-order valence-electron chi connectivity index (χ3n) is 4.76. The molecule has 1 aliphatic heterocycles. The van der Waals surface area contributed by atoms with Crippen LogP contribution in [0.1, 0.15) is 23.3 Å². The Morgan fingerprint density at radius 1 is 1.15 bits per heavy atom. The second kappa shape index (κ2) is 7.59. The highest BCUT2D eigenvalue weighted by atomic mass is 16.5. The van der Waals surface area contributed by atoms with Crippen molar-refractivity contribution in [3.63, 3.8) is 0 Å². The van der Waals surface area contributed by atoms with E-state index in [9.17, 15) is 9.59 Å². The predicted molar refractivity (Wildman–Crippen MR) is 99.2 cm³/mol. The summed E-state index contributed by atoms with van der Waals surface area (Å²) < 4.78 is 4.89. The fraction of sp³-hybridized carbons (Fsp3) is 0.421. The molecular weight excluding hydrogens is 332 g/mol. The Hall–Kier alpha value is -2.83. The number of piperazine rings is 1. The monoisotopic (exact) mass is 356 g/mol. The molecule has 0 saturated carbocycles. The highest BCUT2D eigenvalue weighted by molar-refractivity contribution is 6.03. The molecule has 1 N–H and O–H groups in total. The van der Waals surface area contributed by atoms with Crippen molar-refractivity contribution in [3.05, 3.63) is 41.2 Å². The van der Waals surface area contributed by atoms with E-state index >= 15 is 0 Å². The van der Waals surface area contributed by atoms with E-state index in [1.165, 1.54) is 16.8 Å². The van der Waals surface area contributed by atoms with Gasteiger partial charge in [-0.05, 0) is 38.0 Å². The molecular formula is C19H24N4O3. The van der Waals surface area contributed by atoms with E-state index in [0.29, 0.717) is 24.7 Å². The van der Waals surface area contributed by atoms with Crippen molar-refractivity contribution in [1.29, 1.82) is 0 Å². The summed E-state index contributed by atoms with van der Waals surface area (Å²) in [5.41, 5.74) is 3.76. The average molecular weight is 356 g/mol. The lowest BCUT2D eigenvalue weighted by atomic mass is 10.1. The Labute approximate surface area is 152 Å². The third kappa shape index (κ3) is 4.04. The summed E-state index contributed by atoms with van der Waals surface area (Å²) in [6.45, 7) is 8.72. The number of carbonyl (C=O) groups is 2. The van der Waals surface area contributed by atoms with Crippen LogP contribution in [0.3, 0.4) is 0 Å². The number of anilines is 2. The minimum absolute atomic E-state index is 0.164. The molecule has 2 amide bonds. The molecule has 26 heavy (non-hydrogen) atoms. The molecule has 3 rings (SSSR count). The van der Waals surface area contributed by atoms with Crippen molar-refractivity contribution in [2.24, 2.45) is 0 Å².